The molecule has 1 aliphatic heterocycles. The molecule has 2 rings (SSSR count). The Hall–Kier alpha value is -0.530. The Morgan fingerprint density at radius 1 is 1.00 bits per heavy atom. The Kier molecular flexibility index (Phi) is 3.09. The molecule has 2 heteroatoms. The maximum Gasteiger partial charge on any atom is 0.219 e. The lowest BCUT2D eigenvalue weighted by molar-refractivity contribution is -0.130. The fraction of sp³-hybridized carbons (Fsp3) is 0.917. The lowest BCUT2D eigenvalue weighted by atomic mass is 9.83. The second kappa shape index (κ2) is 4.33. The Morgan fingerprint density at radius 2 is 1.50 bits per heavy atom. The van der Waals surface area contributed by atoms with Gasteiger partial charge in [-0.05, 0) is 24.7 Å². The van der Waals surface area contributed by atoms with Gasteiger partial charge in [-0.25, -0.2) is 0 Å². The van der Waals surface area contributed by atoms with Crippen LogP contribution in [0.15, 0.2) is 0 Å². The molecule has 0 atom stereocenters. The van der Waals surface area contributed by atoms with Crippen molar-refractivity contribution in [2.75, 3.05) is 13.1 Å². The topological polar surface area (TPSA) is 20.3 Å². The predicted molar refractivity (Wildman–Crippen MR) is 56.9 cm³/mol. The second-order valence-electron chi connectivity index (χ2n) is 4.89. The lowest BCUT2D eigenvalue weighted by Gasteiger charge is -2.34. The van der Waals surface area contributed by atoms with Crippen LogP contribution in [-0.4, -0.2) is 23.9 Å². The first kappa shape index (κ1) is 10.0. The molecule has 2 aliphatic rings. The molecular weight excluding hydrogens is 174 g/mol. The molecule has 1 saturated heterocycles. The summed E-state index contributed by atoms with van der Waals surface area (Å²) in [5, 5.41) is 0. The molecule has 80 valence electrons. The monoisotopic (exact) mass is 195 g/mol. The highest BCUT2D eigenvalue weighted by Crippen LogP contribution is 2.36. The van der Waals surface area contributed by atoms with Gasteiger partial charge in [0.15, 0.2) is 0 Å². The van der Waals surface area contributed by atoms with E-state index in [4.69, 9.17) is 0 Å². The highest BCUT2D eigenvalue weighted by Gasteiger charge is 2.28. The highest BCUT2D eigenvalue weighted by molar-refractivity contribution is 5.73. The number of piperidine rings is 1. The van der Waals surface area contributed by atoms with Gasteiger partial charge in [0.25, 0.3) is 0 Å². The van der Waals surface area contributed by atoms with E-state index in [1.807, 2.05) is 4.90 Å². The van der Waals surface area contributed by atoms with Crippen LogP contribution in [0.2, 0.25) is 0 Å². The Balaban J connectivity index is 1.80. The number of rotatable bonds is 1. The number of carbonyl (C=O) groups excluding carboxylic acids is 1. The van der Waals surface area contributed by atoms with E-state index in [1.54, 1.807) is 6.92 Å². The van der Waals surface area contributed by atoms with E-state index in [0.717, 1.165) is 24.9 Å². The summed E-state index contributed by atoms with van der Waals surface area (Å²) in [4.78, 5) is 13.2. The molecular formula is C12H21NO. The Morgan fingerprint density at radius 3 is 2.00 bits per heavy atom. The summed E-state index contributed by atoms with van der Waals surface area (Å²) in [6.45, 7) is 3.71. The van der Waals surface area contributed by atoms with Crippen LogP contribution < -0.4 is 0 Å². The van der Waals surface area contributed by atoms with Crippen molar-refractivity contribution < 1.29 is 4.79 Å². The lowest BCUT2D eigenvalue weighted by Crippen LogP contribution is -2.38. The van der Waals surface area contributed by atoms with Gasteiger partial charge in [-0.3, -0.25) is 4.79 Å². The van der Waals surface area contributed by atoms with Crippen LogP contribution >= 0.6 is 0 Å². The van der Waals surface area contributed by atoms with Gasteiger partial charge in [0.05, 0.1) is 0 Å². The molecule has 1 amide bonds. The van der Waals surface area contributed by atoms with E-state index in [9.17, 15) is 4.79 Å². The van der Waals surface area contributed by atoms with Crippen molar-refractivity contribution in [1.29, 1.82) is 0 Å². The first-order valence-corrected chi connectivity index (χ1v) is 6.03. The number of carbonyl (C=O) groups is 1. The molecule has 1 heterocycles. The average Bonchev–Trinajstić information content (AvgIpc) is 2.71. The standard InChI is InChI=1S/C12H21NO/c1-10(14)13-8-6-12(7-9-13)11-4-2-3-5-11/h11-12H,2-9H2,1H3. The molecule has 0 radical (unpaired) electrons. The van der Waals surface area contributed by atoms with Gasteiger partial charge in [-0.15, -0.1) is 0 Å². The molecule has 2 fully saturated rings. The Labute approximate surface area is 86.7 Å². The molecule has 0 aromatic rings. The number of amides is 1. The van der Waals surface area contributed by atoms with Gasteiger partial charge in [0.2, 0.25) is 5.91 Å². The second-order valence-corrected chi connectivity index (χ2v) is 4.89. The average molecular weight is 195 g/mol. The molecule has 0 bridgehead atoms. The molecule has 0 aromatic carbocycles. The van der Waals surface area contributed by atoms with Gasteiger partial charge >= 0.3 is 0 Å². The third-order valence-corrected chi connectivity index (χ3v) is 4.05. The minimum absolute atomic E-state index is 0.259. The molecule has 0 spiro atoms. The van der Waals surface area contributed by atoms with E-state index >= 15 is 0 Å². The summed E-state index contributed by atoms with van der Waals surface area (Å²) in [7, 11) is 0. The van der Waals surface area contributed by atoms with Crippen molar-refractivity contribution in [3.8, 4) is 0 Å². The summed E-state index contributed by atoms with van der Waals surface area (Å²) in [5.41, 5.74) is 0. The number of likely N-dealkylation sites (tertiary alicyclic amines) is 1. The summed E-state index contributed by atoms with van der Waals surface area (Å²) < 4.78 is 0. The zero-order valence-electron chi connectivity index (χ0n) is 9.17. The molecule has 0 unspecified atom stereocenters. The summed E-state index contributed by atoms with van der Waals surface area (Å²) in [6.07, 6.45) is 8.29. The molecule has 0 N–H and O–H groups in total. The van der Waals surface area contributed by atoms with Crippen molar-refractivity contribution in [1.82, 2.24) is 4.90 Å². The van der Waals surface area contributed by atoms with Crippen molar-refractivity contribution >= 4 is 5.91 Å². The fourth-order valence-electron chi connectivity index (χ4n) is 3.11. The van der Waals surface area contributed by atoms with Gasteiger partial charge in [-0.2, -0.15) is 0 Å². The minimum atomic E-state index is 0.259. The third-order valence-electron chi connectivity index (χ3n) is 4.05. The van der Waals surface area contributed by atoms with Gasteiger partial charge < -0.3 is 4.90 Å². The number of hydrogen-bond acceptors (Lipinski definition) is 1. The maximum absolute atomic E-state index is 11.2. The maximum atomic E-state index is 11.2. The van der Waals surface area contributed by atoms with Crippen LogP contribution in [0, 0.1) is 11.8 Å². The van der Waals surface area contributed by atoms with Crippen LogP contribution in [0.4, 0.5) is 0 Å². The summed E-state index contributed by atoms with van der Waals surface area (Å²) in [5.74, 6) is 2.17. The number of hydrogen-bond donors (Lipinski definition) is 0. The quantitative estimate of drug-likeness (QED) is 0.629. The SMILES string of the molecule is CC(=O)N1CCC(C2CCCC2)CC1. The third kappa shape index (κ3) is 2.10. The van der Waals surface area contributed by atoms with Crippen LogP contribution in [-0.2, 0) is 4.79 Å². The zero-order chi connectivity index (χ0) is 9.97. The molecule has 2 nitrogen and oxygen atoms in total. The fourth-order valence-corrected chi connectivity index (χ4v) is 3.11. The van der Waals surface area contributed by atoms with Gasteiger partial charge in [-0.1, -0.05) is 25.7 Å². The van der Waals surface area contributed by atoms with Crippen LogP contribution in [0.1, 0.15) is 45.4 Å². The van der Waals surface area contributed by atoms with Gasteiger partial charge in [0, 0.05) is 20.0 Å². The molecule has 1 aliphatic carbocycles. The summed E-state index contributed by atoms with van der Waals surface area (Å²) >= 11 is 0. The largest absolute Gasteiger partial charge is 0.343 e. The van der Waals surface area contributed by atoms with Crippen molar-refractivity contribution in [2.24, 2.45) is 11.8 Å². The first-order chi connectivity index (χ1) is 6.77. The van der Waals surface area contributed by atoms with E-state index in [2.05, 4.69) is 0 Å². The number of nitrogens with zero attached hydrogens (tertiary/aromatic N) is 1. The predicted octanol–water partition coefficient (Wildman–Crippen LogP) is 2.44. The zero-order valence-corrected chi connectivity index (χ0v) is 9.17. The molecule has 14 heavy (non-hydrogen) atoms. The summed E-state index contributed by atoms with van der Waals surface area (Å²) in [6, 6.07) is 0. The van der Waals surface area contributed by atoms with E-state index in [0.29, 0.717) is 0 Å². The van der Waals surface area contributed by atoms with E-state index in [-0.39, 0.29) is 5.91 Å². The smallest absolute Gasteiger partial charge is 0.219 e. The minimum Gasteiger partial charge on any atom is -0.343 e. The van der Waals surface area contributed by atoms with Crippen LogP contribution in [0.3, 0.4) is 0 Å². The normalized spacial score (nSPS) is 25.6. The first-order valence-electron chi connectivity index (χ1n) is 6.03. The van der Waals surface area contributed by atoms with Gasteiger partial charge in [0.1, 0.15) is 0 Å². The van der Waals surface area contributed by atoms with E-state index < -0.39 is 0 Å². The van der Waals surface area contributed by atoms with E-state index in [1.165, 1.54) is 38.5 Å². The van der Waals surface area contributed by atoms with Crippen LogP contribution in [0.25, 0.3) is 0 Å². The Bertz CT molecular complexity index is 200. The van der Waals surface area contributed by atoms with Crippen molar-refractivity contribution in [3.63, 3.8) is 0 Å². The molecule has 1 saturated carbocycles. The highest BCUT2D eigenvalue weighted by atomic mass is 16.2. The molecule has 0 aromatic heterocycles. The van der Waals surface area contributed by atoms with Crippen molar-refractivity contribution in [2.45, 2.75) is 45.4 Å². The van der Waals surface area contributed by atoms with Crippen LogP contribution in [0.5, 0.6) is 0 Å². The van der Waals surface area contributed by atoms with Crippen molar-refractivity contribution in [3.05, 3.63) is 0 Å².